The van der Waals surface area contributed by atoms with Crippen LogP contribution in [0.15, 0.2) is 53.2 Å². The number of rotatable bonds is 10. The smallest absolute Gasteiger partial charge is 0.309 e. The van der Waals surface area contributed by atoms with Gasteiger partial charge in [-0.05, 0) is 54.3 Å². The topological polar surface area (TPSA) is 148 Å². The first-order valence-electron chi connectivity index (χ1n) is 15.3. The van der Waals surface area contributed by atoms with Gasteiger partial charge in [0.2, 0.25) is 5.91 Å². The van der Waals surface area contributed by atoms with Crippen LogP contribution >= 0.6 is 11.6 Å². The predicted octanol–water partition coefficient (Wildman–Crippen LogP) is 1.35. The molecule has 3 fully saturated rings. The lowest BCUT2D eigenvalue weighted by atomic mass is 10.0. The first-order chi connectivity index (χ1) is 22.0. The van der Waals surface area contributed by atoms with E-state index in [1.54, 1.807) is 45.2 Å². The standard InChI is InChI=1S/C31H36ClN5O8S/c32-23-5-3-22-15-25(6-4-21(22)14-23)46(43,44)17-27(38)31(42)35-11-7-24(8-12-35)37-19-36-18-33(16-26(36)30(37)41)20-45-29(40)9-13-34-10-1-2-28(34)39/h3-6,14-16,24,27,38H,1-2,7-13,17-20H2/t27-/m1/s1. The Bertz CT molecular complexity index is 1690. The van der Waals surface area contributed by atoms with Crippen LogP contribution in [0.25, 0.3) is 10.8 Å². The van der Waals surface area contributed by atoms with Crippen molar-refractivity contribution in [3.05, 3.63) is 53.3 Å². The molecule has 2 aromatic rings. The molecular formula is C31H36ClN5O8S. The van der Waals surface area contributed by atoms with Crippen LogP contribution < -0.4 is 0 Å². The molecule has 0 spiro atoms. The zero-order valence-corrected chi connectivity index (χ0v) is 26.8. The van der Waals surface area contributed by atoms with Gasteiger partial charge in [0.25, 0.3) is 11.8 Å². The van der Waals surface area contributed by atoms with Crippen LogP contribution in [0.4, 0.5) is 0 Å². The van der Waals surface area contributed by atoms with Crippen LogP contribution in [0.1, 0.15) is 32.1 Å². The molecule has 4 aliphatic heterocycles. The summed E-state index contributed by atoms with van der Waals surface area (Å²) in [6.07, 6.45) is 2.41. The summed E-state index contributed by atoms with van der Waals surface area (Å²) in [5.41, 5.74) is 0.509. The number of carbonyl (C=O) groups is 4. The first kappa shape index (κ1) is 32.1. The van der Waals surface area contributed by atoms with Crippen LogP contribution in [0, 0.1) is 0 Å². The van der Waals surface area contributed by atoms with Gasteiger partial charge in [-0.25, -0.2) is 8.42 Å². The fourth-order valence-electron chi connectivity index (χ4n) is 6.42. The number of aliphatic hydroxyl groups excluding tert-OH is 1. The number of carbonyl (C=O) groups excluding carboxylic acids is 4. The summed E-state index contributed by atoms with van der Waals surface area (Å²) in [5, 5.41) is 12.6. The number of halogens is 1. The van der Waals surface area contributed by atoms with Gasteiger partial charge in [-0.15, -0.1) is 0 Å². The van der Waals surface area contributed by atoms with E-state index in [9.17, 15) is 32.7 Å². The largest absolute Gasteiger partial charge is 0.444 e. The number of likely N-dealkylation sites (tertiary alicyclic amines) is 2. The molecule has 13 nitrogen and oxygen atoms in total. The first-order valence-corrected chi connectivity index (χ1v) is 17.4. The number of sulfone groups is 1. The number of nitrogens with zero attached hydrogens (tertiary/aromatic N) is 5. The molecule has 1 N–H and O–H groups in total. The number of aliphatic hydroxyl groups is 1. The van der Waals surface area contributed by atoms with Gasteiger partial charge in [0.15, 0.2) is 16.6 Å². The van der Waals surface area contributed by atoms with Gasteiger partial charge in [0.05, 0.1) is 30.4 Å². The van der Waals surface area contributed by atoms with Crippen molar-refractivity contribution in [3.63, 3.8) is 0 Å². The highest BCUT2D eigenvalue weighted by Crippen LogP contribution is 2.30. The minimum Gasteiger partial charge on any atom is -0.444 e. The molecule has 246 valence electrons. The molecule has 15 heteroatoms. The number of fused-ring (bicyclic) bond motifs is 2. The molecular weight excluding hydrogens is 638 g/mol. The van der Waals surface area contributed by atoms with Crippen molar-refractivity contribution in [1.29, 1.82) is 0 Å². The zero-order chi connectivity index (χ0) is 32.6. The van der Waals surface area contributed by atoms with Crippen molar-refractivity contribution < 1.29 is 37.4 Å². The van der Waals surface area contributed by atoms with Crippen molar-refractivity contribution in [1.82, 2.24) is 24.5 Å². The number of piperidine rings is 1. The van der Waals surface area contributed by atoms with Crippen LogP contribution in [-0.2, 0) is 33.8 Å². The van der Waals surface area contributed by atoms with Crippen LogP contribution in [0.2, 0.25) is 5.02 Å². The molecule has 0 unspecified atom stereocenters. The average molecular weight is 674 g/mol. The molecule has 0 aromatic heterocycles. The van der Waals surface area contributed by atoms with E-state index in [-0.39, 0.29) is 49.0 Å². The number of hydrogen-bond donors (Lipinski definition) is 1. The monoisotopic (exact) mass is 673 g/mol. The van der Waals surface area contributed by atoms with Crippen molar-refractivity contribution >= 4 is 55.9 Å². The molecule has 3 amide bonds. The van der Waals surface area contributed by atoms with E-state index >= 15 is 0 Å². The van der Waals surface area contributed by atoms with E-state index in [1.165, 1.54) is 17.0 Å². The Morgan fingerprint density at radius 3 is 2.48 bits per heavy atom. The maximum Gasteiger partial charge on any atom is 0.309 e. The van der Waals surface area contributed by atoms with Crippen molar-refractivity contribution in [2.24, 2.45) is 0 Å². The summed E-state index contributed by atoms with van der Waals surface area (Å²) >= 11 is 6.01. The van der Waals surface area contributed by atoms with Gasteiger partial charge in [0, 0.05) is 49.9 Å². The molecule has 0 radical (unpaired) electrons. The second kappa shape index (κ2) is 13.1. The Hall–Kier alpha value is -3.88. The van der Waals surface area contributed by atoms with Gasteiger partial charge >= 0.3 is 5.97 Å². The lowest BCUT2D eigenvalue weighted by Crippen LogP contribution is -2.51. The van der Waals surface area contributed by atoms with Gasteiger partial charge in [0.1, 0.15) is 11.8 Å². The number of ether oxygens (including phenoxy) is 1. The highest BCUT2D eigenvalue weighted by molar-refractivity contribution is 7.91. The minimum absolute atomic E-state index is 0.00828. The van der Waals surface area contributed by atoms with E-state index in [2.05, 4.69) is 0 Å². The Balaban J connectivity index is 0.959. The third kappa shape index (κ3) is 6.79. The summed E-state index contributed by atoms with van der Waals surface area (Å²) in [6.45, 7) is 2.35. The third-order valence-corrected chi connectivity index (χ3v) is 10.9. The summed E-state index contributed by atoms with van der Waals surface area (Å²) in [4.78, 5) is 58.6. The number of hydrogen-bond acceptors (Lipinski definition) is 10. The van der Waals surface area contributed by atoms with Gasteiger partial charge in [-0.2, -0.15) is 0 Å². The summed E-state index contributed by atoms with van der Waals surface area (Å²) in [5.74, 6) is -1.87. The predicted molar refractivity (Wildman–Crippen MR) is 166 cm³/mol. The lowest BCUT2D eigenvalue weighted by molar-refractivity contribution is -0.148. The molecule has 3 saturated heterocycles. The van der Waals surface area contributed by atoms with Crippen molar-refractivity contribution in [2.45, 2.75) is 49.1 Å². The van der Waals surface area contributed by atoms with E-state index in [0.717, 1.165) is 11.8 Å². The molecule has 1 atom stereocenters. The average Bonchev–Trinajstić information content (AvgIpc) is 3.73. The molecule has 6 rings (SSSR count). The van der Waals surface area contributed by atoms with E-state index in [1.807, 2.05) is 4.90 Å². The fraction of sp³-hybridized carbons (Fsp3) is 0.484. The van der Waals surface area contributed by atoms with Crippen LogP contribution in [0.3, 0.4) is 0 Å². The molecule has 4 aliphatic rings. The lowest BCUT2D eigenvalue weighted by Gasteiger charge is -2.37. The fourth-order valence-corrected chi connectivity index (χ4v) is 7.94. The SMILES string of the molecule is O=C(CCN1CCCC1=O)OCN1C=C2C(=O)N(C3CCN(C(=O)[C@H](O)CS(=O)(=O)c4ccc5cc(Cl)ccc5c4)CC3)CN2C1. The highest BCUT2D eigenvalue weighted by atomic mass is 35.5. The van der Waals surface area contributed by atoms with Gasteiger partial charge in [-0.1, -0.05) is 23.7 Å². The van der Waals surface area contributed by atoms with Crippen LogP contribution in [0.5, 0.6) is 0 Å². The molecule has 0 aliphatic carbocycles. The normalized spacial score (nSPS) is 19.7. The molecule has 46 heavy (non-hydrogen) atoms. The minimum atomic E-state index is -3.95. The second-order valence-corrected chi connectivity index (χ2v) is 14.6. The quantitative estimate of drug-likeness (QED) is 0.367. The molecule has 0 bridgehead atoms. The third-order valence-electron chi connectivity index (χ3n) is 8.96. The van der Waals surface area contributed by atoms with E-state index in [4.69, 9.17) is 16.3 Å². The summed E-state index contributed by atoms with van der Waals surface area (Å²) in [7, 11) is -3.95. The maximum absolute atomic E-state index is 13.2. The van der Waals surface area contributed by atoms with Gasteiger partial charge in [-0.3, -0.25) is 19.2 Å². The molecule has 0 saturated carbocycles. The molecule has 2 aromatic carbocycles. The number of amides is 3. The molecule has 4 heterocycles. The number of esters is 1. The van der Waals surface area contributed by atoms with Gasteiger partial charge < -0.3 is 34.3 Å². The van der Waals surface area contributed by atoms with Crippen molar-refractivity contribution in [3.8, 4) is 0 Å². The highest BCUT2D eigenvalue weighted by Gasteiger charge is 2.42. The Morgan fingerprint density at radius 2 is 1.76 bits per heavy atom. The second-order valence-electron chi connectivity index (χ2n) is 12.1. The maximum atomic E-state index is 13.2. The Labute approximate surface area is 271 Å². The van der Waals surface area contributed by atoms with Crippen molar-refractivity contribution in [2.75, 3.05) is 52.0 Å². The number of benzene rings is 2. The Kier molecular flexibility index (Phi) is 9.12. The zero-order valence-electron chi connectivity index (χ0n) is 25.2. The van der Waals surface area contributed by atoms with Crippen LogP contribution in [-0.4, -0.2) is 126 Å². The summed E-state index contributed by atoms with van der Waals surface area (Å²) < 4.78 is 31.4. The Morgan fingerprint density at radius 1 is 1.02 bits per heavy atom. The van der Waals surface area contributed by atoms with E-state index in [0.29, 0.717) is 61.8 Å². The summed E-state index contributed by atoms with van der Waals surface area (Å²) in [6, 6.07) is 9.57. The van der Waals surface area contributed by atoms with E-state index < -0.39 is 33.6 Å².